The Morgan fingerprint density at radius 3 is 2.21 bits per heavy atom. The minimum absolute atomic E-state index is 0.358. The van der Waals surface area contributed by atoms with E-state index in [0.29, 0.717) is 6.42 Å². The topological polar surface area (TPSA) is 52.6 Å². The van der Waals surface area contributed by atoms with Crippen LogP contribution in [0.2, 0.25) is 0 Å². The molecular weight excluding hydrogens is 261 g/mol. The van der Waals surface area contributed by atoms with Gasteiger partial charge >= 0.3 is 6.18 Å². The number of rotatable bonds is 6. The average molecular weight is 284 g/mol. The molecule has 0 saturated carbocycles. The predicted molar refractivity (Wildman–Crippen MR) is 66.7 cm³/mol. The van der Waals surface area contributed by atoms with Gasteiger partial charge in [0.15, 0.2) is 6.10 Å². The maximum atomic E-state index is 12.2. The molecule has 0 rings (SSSR count). The molecule has 0 saturated heterocycles. The number of nitrogens with one attached hydrogen (secondary N) is 1. The van der Waals surface area contributed by atoms with E-state index in [0.717, 1.165) is 0 Å². The Kier molecular flexibility index (Phi) is 6.28. The SMILES string of the molecule is CCC(C)(C)NC(=O)C(C)N(C)CC(O)C(F)(F)F. The van der Waals surface area contributed by atoms with Crippen molar-refractivity contribution in [3.8, 4) is 0 Å². The monoisotopic (exact) mass is 284 g/mol. The van der Waals surface area contributed by atoms with E-state index in [9.17, 15) is 18.0 Å². The highest BCUT2D eigenvalue weighted by molar-refractivity contribution is 5.81. The van der Waals surface area contributed by atoms with Crippen molar-refractivity contribution in [3.63, 3.8) is 0 Å². The van der Waals surface area contributed by atoms with Gasteiger partial charge in [-0.2, -0.15) is 13.2 Å². The number of aliphatic hydroxyl groups is 1. The second-order valence-electron chi connectivity index (χ2n) is 5.40. The molecule has 0 aliphatic rings. The maximum absolute atomic E-state index is 12.2. The standard InChI is InChI=1S/C12H23F3N2O2/c1-6-11(3,4)16-10(19)8(2)17(5)7-9(18)12(13,14)15/h8-9,18H,6-7H2,1-5H3,(H,16,19). The van der Waals surface area contributed by atoms with Gasteiger partial charge in [0.2, 0.25) is 5.91 Å². The van der Waals surface area contributed by atoms with Gasteiger partial charge in [0, 0.05) is 12.1 Å². The number of amides is 1. The summed E-state index contributed by atoms with van der Waals surface area (Å²) in [7, 11) is 1.37. The first kappa shape index (κ1) is 18.2. The van der Waals surface area contributed by atoms with Crippen LogP contribution in [0.5, 0.6) is 0 Å². The summed E-state index contributed by atoms with van der Waals surface area (Å²) in [5, 5.41) is 11.7. The van der Waals surface area contributed by atoms with Crippen LogP contribution in [0.3, 0.4) is 0 Å². The summed E-state index contributed by atoms with van der Waals surface area (Å²) in [6.07, 6.45) is -6.42. The fraction of sp³-hybridized carbons (Fsp3) is 0.917. The Morgan fingerprint density at radius 2 is 1.84 bits per heavy atom. The lowest BCUT2D eigenvalue weighted by Crippen LogP contribution is -2.53. The number of carbonyl (C=O) groups excluding carboxylic acids is 1. The molecule has 0 spiro atoms. The molecule has 0 radical (unpaired) electrons. The van der Waals surface area contributed by atoms with Crippen LogP contribution in [0.15, 0.2) is 0 Å². The Bertz CT molecular complexity index is 306. The van der Waals surface area contributed by atoms with Crippen LogP contribution in [0.25, 0.3) is 0 Å². The van der Waals surface area contributed by atoms with Crippen molar-refractivity contribution in [1.82, 2.24) is 10.2 Å². The van der Waals surface area contributed by atoms with Crippen LogP contribution in [-0.4, -0.2) is 53.4 Å². The lowest BCUT2D eigenvalue weighted by atomic mass is 10.0. The van der Waals surface area contributed by atoms with Crippen molar-refractivity contribution in [1.29, 1.82) is 0 Å². The summed E-state index contributed by atoms with van der Waals surface area (Å²) in [6.45, 7) is 6.45. The second kappa shape index (κ2) is 6.56. The maximum Gasteiger partial charge on any atom is 0.415 e. The molecule has 7 heteroatoms. The molecule has 0 heterocycles. The van der Waals surface area contributed by atoms with E-state index >= 15 is 0 Å². The number of alkyl halides is 3. The quantitative estimate of drug-likeness (QED) is 0.778. The summed E-state index contributed by atoms with van der Waals surface area (Å²) in [4.78, 5) is 13.1. The molecular formula is C12H23F3N2O2. The number of hydrogen-bond acceptors (Lipinski definition) is 3. The lowest BCUT2D eigenvalue weighted by Gasteiger charge is -2.31. The molecule has 2 N–H and O–H groups in total. The first-order valence-electron chi connectivity index (χ1n) is 6.17. The smallest absolute Gasteiger partial charge is 0.382 e. The van der Waals surface area contributed by atoms with Crippen LogP contribution < -0.4 is 5.32 Å². The summed E-state index contributed by atoms with van der Waals surface area (Å²) in [6, 6.07) is -0.747. The van der Waals surface area contributed by atoms with Crippen LogP contribution in [-0.2, 0) is 4.79 Å². The van der Waals surface area contributed by atoms with Gasteiger partial charge in [0.25, 0.3) is 0 Å². The van der Waals surface area contributed by atoms with Crippen molar-refractivity contribution in [2.45, 2.75) is 58.0 Å². The van der Waals surface area contributed by atoms with Gasteiger partial charge in [-0.25, -0.2) is 0 Å². The molecule has 0 aromatic rings. The van der Waals surface area contributed by atoms with E-state index in [2.05, 4.69) is 5.32 Å². The largest absolute Gasteiger partial charge is 0.415 e. The first-order chi connectivity index (χ1) is 8.40. The molecule has 0 bridgehead atoms. The van der Waals surface area contributed by atoms with E-state index in [1.165, 1.54) is 18.9 Å². The molecule has 0 aromatic heterocycles. The third kappa shape index (κ3) is 6.24. The van der Waals surface area contributed by atoms with Gasteiger partial charge in [0.05, 0.1) is 6.04 Å². The molecule has 0 aliphatic heterocycles. The summed E-state index contributed by atoms with van der Waals surface area (Å²) >= 11 is 0. The van der Waals surface area contributed by atoms with Crippen molar-refractivity contribution >= 4 is 5.91 Å². The highest BCUT2D eigenvalue weighted by atomic mass is 19.4. The summed E-state index contributed by atoms with van der Waals surface area (Å²) < 4.78 is 36.7. The fourth-order valence-electron chi connectivity index (χ4n) is 1.26. The van der Waals surface area contributed by atoms with Gasteiger partial charge in [-0.05, 0) is 34.2 Å². The fourth-order valence-corrected chi connectivity index (χ4v) is 1.26. The zero-order chi connectivity index (χ0) is 15.4. The molecule has 0 aliphatic carbocycles. The van der Waals surface area contributed by atoms with Gasteiger partial charge in [0.1, 0.15) is 0 Å². The normalized spacial score (nSPS) is 16.3. The van der Waals surface area contributed by atoms with Crippen molar-refractivity contribution in [2.24, 2.45) is 0 Å². The summed E-state index contributed by atoms with van der Waals surface area (Å²) in [5.74, 6) is -0.358. The molecule has 2 atom stereocenters. The third-order valence-electron chi connectivity index (χ3n) is 3.22. The van der Waals surface area contributed by atoms with E-state index in [-0.39, 0.29) is 5.91 Å². The molecule has 0 aromatic carbocycles. The van der Waals surface area contributed by atoms with Gasteiger partial charge in [-0.3, -0.25) is 9.69 Å². The third-order valence-corrected chi connectivity index (χ3v) is 3.22. The van der Waals surface area contributed by atoms with Crippen LogP contribution >= 0.6 is 0 Å². The Balaban J connectivity index is 4.49. The summed E-state index contributed by atoms with van der Waals surface area (Å²) in [5.41, 5.74) is -0.408. The lowest BCUT2D eigenvalue weighted by molar-refractivity contribution is -0.208. The minimum atomic E-state index is -4.67. The molecule has 1 amide bonds. The van der Waals surface area contributed by atoms with Crippen LogP contribution in [0.4, 0.5) is 13.2 Å². The van der Waals surface area contributed by atoms with E-state index in [4.69, 9.17) is 5.11 Å². The van der Waals surface area contributed by atoms with Gasteiger partial charge in [-0.1, -0.05) is 6.92 Å². The molecule has 2 unspecified atom stereocenters. The van der Waals surface area contributed by atoms with Crippen molar-refractivity contribution < 1.29 is 23.1 Å². The first-order valence-corrected chi connectivity index (χ1v) is 6.17. The number of carbonyl (C=O) groups is 1. The van der Waals surface area contributed by atoms with Gasteiger partial charge < -0.3 is 10.4 Å². The highest BCUT2D eigenvalue weighted by Gasteiger charge is 2.39. The van der Waals surface area contributed by atoms with Crippen LogP contribution in [0.1, 0.15) is 34.1 Å². The Morgan fingerprint density at radius 1 is 1.37 bits per heavy atom. The number of hydrogen-bond donors (Lipinski definition) is 2. The molecule has 4 nitrogen and oxygen atoms in total. The molecule has 19 heavy (non-hydrogen) atoms. The van der Waals surface area contributed by atoms with Crippen LogP contribution in [0, 0.1) is 0 Å². The minimum Gasteiger partial charge on any atom is -0.382 e. The average Bonchev–Trinajstić information content (AvgIpc) is 2.25. The van der Waals surface area contributed by atoms with E-state index < -0.39 is 30.4 Å². The van der Waals surface area contributed by atoms with Gasteiger partial charge in [-0.15, -0.1) is 0 Å². The Hall–Kier alpha value is -0.820. The zero-order valence-electron chi connectivity index (χ0n) is 12.0. The number of halogens is 3. The molecule has 114 valence electrons. The predicted octanol–water partition coefficient (Wildman–Crippen LogP) is 1.53. The van der Waals surface area contributed by atoms with E-state index in [1.807, 2.05) is 20.8 Å². The zero-order valence-corrected chi connectivity index (χ0v) is 12.0. The van der Waals surface area contributed by atoms with Crippen molar-refractivity contribution in [2.75, 3.05) is 13.6 Å². The Labute approximate surface area is 112 Å². The number of nitrogens with zero attached hydrogens (tertiary/aromatic N) is 1. The molecule has 0 fully saturated rings. The highest BCUT2D eigenvalue weighted by Crippen LogP contribution is 2.21. The van der Waals surface area contributed by atoms with Crippen molar-refractivity contribution in [3.05, 3.63) is 0 Å². The van der Waals surface area contributed by atoms with E-state index in [1.54, 1.807) is 0 Å². The number of aliphatic hydroxyl groups excluding tert-OH is 1. The number of likely N-dealkylation sites (N-methyl/N-ethyl adjacent to an activating group) is 1. The second-order valence-corrected chi connectivity index (χ2v) is 5.40.